The molecule has 0 unspecified atom stereocenters. The van der Waals surface area contributed by atoms with E-state index in [0.717, 1.165) is 18.3 Å². The first-order chi connectivity index (χ1) is 2.89. The monoisotopic (exact) mass is 77.1 g/mol. The quantitative estimate of drug-likeness (QED) is 0.299. The Kier molecular flexibility index (Phi) is 0.936. The maximum absolute atomic E-state index is 5.34. The molecule has 2 radical (unpaired) electrons. The molecule has 0 saturated heterocycles. The van der Waals surface area contributed by atoms with Crippen LogP contribution in [0.4, 0.5) is 0 Å². The van der Waals surface area contributed by atoms with Crippen LogP contribution >= 0.6 is 0 Å². The van der Waals surface area contributed by atoms with Crippen LogP contribution in [0.15, 0.2) is 5.47 Å². The van der Waals surface area contributed by atoms with E-state index in [1.807, 2.05) is 0 Å². The van der Waals surface area contributed by atoms with Crippen LogP contribution in [0, 0.1) is 6.08 Å². The predicted molar refractivity (Wildman–Crippen MR) is 26.4 cm³/mol. The highest BCUT2D eigenvalue weighted by molar-refractivity contribution is 6.21. The molecular weight excluding hydrogens is 70.9 g/mol. The molecule has 0 aliphatic heterocycles. The third-order valence-corrected chi connectivity index (χ3v) is 0.975. The molecule has 0 aromatic rings. The van der Waals surface area contributed by atoms with Gasteiger partial charge in [0.1, 0.15) is 5.47 Å². The highest BCUT2D eigenvalue weighted by Gasteiger charge is 2.10. The lowest BCUT2D eigenvalue weighted by atomic mass is 9.96. The molecule has 0 nitrogen and oxygen atoms in total. The van der Waals surface area contributed by atoms with Crippen molar-refractivity contribution in [3.63, 3.8) is 0 Å². The molecule has 0 atom stereocenters. The van der Waals surface area contributed by atoms with Gasteiger partial charge in [0, 0.05) is 12.8 Å². The zero-order valence-electron chi connectivity index (χ0n) is 3.70. The molecule has 0 aromatic heterocycles. The van der Waals surface area contributed by atoms with Gasteiger partial charge in [-0.3, -0.25) is 0 Å². The first-order valence-corrected chi connectivity index (χ1v) is 2.25. The SMILES string of the molecule is [B]C1=[C+]CCC1. The lowest BCUT2D eigenvalue weighted by Crippen LogP contribution is -1.68. The zero-order chi connectivity index (χ0) is 4.41. The first kappa shape index (κ1) is 3.89. The fraction of sp³-hybridized carbons (Fsp3) is 0.600. The molecule has 0 saturated carbocycles. The molecule has 1 heteroatoms. The van der Waals surface area contributed by atoms with Gasteiger partial charge >= 0.3 is 0 Å². The van der Waals surface area contributed by atoms with Gasteiger partial charge in [-0.25, -0.2) is 0 Å². The predicted octanol–water partition coefficient (Wildman–Crippen LogP) is 1.03. The van der Waals surface area contributed by atoms with E-state index < -0.39 is 0 Å². The number of rotatable bonds is 0. The minimum atomic E-state index is 0.954. The van der Waals surface area contributed by atoms with Crippen molar-refractivity contribution in [3.8, 4) is 0 Å². The van der Waals surface area contributed by atoms with Crippen LogP contribution < -0.4 is 0 Å². The molecule has 0 heterocycles. The summed E-state index contributed by atoms with van der Waals surface area (Å²) in [4.78, 5) is 0. The summed E-state index contributed by atoms with van der Waals surface area (Å²) in [6, 6.07) is 0. The minimum absolute atomic E-state index is 0.954. The Morgan fingerprint density at radius 2 is 2.50 bits per heavy atom. The molecule has 1 aliphatic carbocycles. The van der Waals surface area contributed by atoms with Crippen molar-refractivity contribution in [3.05, 3.63) is 11.5 Å². The second-order valence-electron chi connectivity index (χ2n) is 1.56. The average Bonchev–Trinajstić information content (AvgIpc) is 1.86. The normalized spacial score (nSPS) is 19.7. The molecule has 1 aliphatic rings. The summed E-state index contributed by atoms with van der Waals surface area (Å²) in [6.07, 6.45) is 6.37. The highest BCUT2D eigenvalue weighted by atomic mass is 14.0. The van der Waals surface area contributed by atoms with E-state index in [-0.39, 0.29) is 0 Å². The lowest BCUT2D eigenvalue weighted by molar-refractivity contribution is 0.917. The van der Waals surface area contributed by atoms with E-state index in [0.29, 0.717) is 0 Å². The van der Waals surface area contributed by atoms with Gasteiger partial charge in [0.15, 0.2) is 14.3 Å². The number of allylic oxidation sites excluding steroid dienone is 2. The summed E-state index contributed by atoms with van der Waals surface area (Å²) in [5.41, 5.74) is 0.954. The van der Waals surface area contributed by atoms with Gasteiger partial charge in [-0.1, -0.05) is 0 Å². The third kappa shape index (κ3) is 0.607. The van der Waals surface area contributed by atoms with Crippen molar-refractivity contribution in [2.75, 3.05) is 0 Å². The molecule has 0 N–H and O–H groups in total. The zero-order valence-corrected chi connectivity index (χ0v) is 3.70. The smallest absolute Gasteiger partial charge is 0.00474 e. The van der Waals surface area contributed by atoms with Crippen LogP contribution in [0.5, 0.6) is 0 Å². The maximum atomic E-state index is 5.34. The Bertz CT molecular complexity index is 74.0. The molecule has 1 rings (SSSR count). The van der Waals surface area contributed by atoms with E-state index >= 15 is 0 Å². The Labute approximate surface area is 39.7 Å². The fourth-order valence-electron chi connectivity index (χ4n) is 0.616. The first-order valence-electron chi connectivity index (χ1n) is 2.25. The van der Waals surface area contributed by atoms with E-state index in [2.05, 4.69) is 6.08 Å². The molecule has 0 fully saturated rings. The summed E-state index contributed by atoms with van der Waals surface area (Å²) in [6.45, 7) is 0. The maximum Gasteiger partial charge on any atom is 0.208 e. The van der Waals surface area contributed by atoms with Crippen molar-refractivity contribution in [1.82, 2.24) is 0 Å². The van der Waals surface area contributed by atoms with Gasteiger partial charge in [-0.15, -0.1) is 0 Å². The van der Waals surface area contributed by atoms with E-state index in [1.165, 1.54) is 6.42 Å². The molecule has 0 spiro atoms. The van der Waals surface area contributed by atoms with Gasteiger partial charge in [0.2, 0.25) is 6.08 Å². The van der Waals surface area contributed by atoms with Gasteiger partial charge in [-0.2, -0.15) is 0 Å². The molecule has 0 amide bonds. The van der Waals surface area contributed by atoms with E-state index in [9.17, 15) is 0 Å². The summed E-state index contributed by atoms with van der Waals surface area (Å²) in [7, 11) is 5.34. The van der Waals surface area contributed by atoms with Crippen LogP contribution in [0.2, 0.25) is 0 Å². The molecular formula is C5H6B+. The van der Waals surface area contributed by atoms with Gasteiger partial charge in [0.05, 0.1) is 0 Å². The van der Waals surface area contributed by atoms with Crippen molar-refractivity contribution in [2.45, 2.75) is 19.3 Å². The van der Waals surface area contributed by atoms with Crippen molar-refractivity contribution < 1.29 is 0 Å². The third-order valence-electron chi connectivity index (χ3n) is 0.975. The summed E-state index contributed by atoms with van der Waals surface area (Å²) < 4.78 is 0. The van der Waals surface area contributed by atoms with Crippen LogP contribution in [-0.2, 0) is 0 Å². The van der Waals surface area contributed by atoms with Crippen LogP contribution in [-0.4, -0.2) is 7.85 Å². The van der Waals surface area contributed by atoms with E-state index in [1.54, 1.807) is 0 Å². The second kappa shape index (κ2) is 1.44. The van der Waals surface area contributed by atoms with Crippen molar-refractivity contribution >= 4 is 7.85 Å². The summed E-state index contributed by atoms with van der Waals surface area (Å²) in [5.74, 6) is 0. The molecule has 6 heavy (non-hydrogen) atoms. The van der Waals surface area contributed by atoms with Crippen molar-refractivity contribution in [1.29, 1.82) is 0 Å². The van der Waals surface area contributed by atoms with Gasteiger partial charge in [-0.05, 0) is 0 Å². The lowest BCUT2D eigenvalue weighted by Gasteiger charge is -1.68. The Hall–Kier alpha value is -0.285. The largest absolute Gasteiger partial charge is 0.208 e. The van der Waals surface area contributed by atoms with Gasteiger partial charge < -0.3 is 0 Å². The fourth-order valence-corrected chi connectivity index (χ4v) is 0.616. The van der Waals surface area contributed by atoms with Crippen molar-refractivity contribution in [2.24, 2.45) is 0 Å². The van der Waals surface area contributed by atoms with Crippen LogP contribution in [0.25, 0.3) is 0 Å². The Morgan fingerprint density at radius 1 is 1.67 bits per heavy atom. The van der Waals surface area contributed by atoms with E-state index in [4.69, 9.17) is 7.85 Å². The second-order valence-corrected chi connectivity index (χ2v) is 1.56. The molecule has 28 valence electrons. The molecule has 0 aromatic carbocycles. The standard InChI is InChI=1S/C5H6B/c6-5-3-1-2-4-5/h1-3H2/q+1. The highest BCUT2D eigenvalue weighted by Crippen LogP contribution is 2.11. The average molecular weight is 76.9 g/mol. The number of hydrogen-bond acceptors (Lipinski definition) is 0. The topological polar surface area (TPSA) is 0 Å². The molecule has 0 bridgehead atoms. The van der Waals surface area contributed by atoms with Crippen LogP contribution in [0.1, 0.15) is 19.3 Å². The summed E-state index contributed by atoms with van der Waals surface area (Å²) >= 11 is 0. The summed E-state index contributed by atoms with van der Waals surface area (Å²) in [5, 5.41) is 0. The Morgan fingerprint density at radius 3 is 2.67 bits per heavy atom. The van der Waals surface area contributed by atoms with Gasteiger partial charge in [0.25, 0.3) is 0 Å². The number of hydrogen-bond donors (Lipinski definition) is 0. The minimum Gasteiger partial charge on any atom is 0.00474 e. The van der Waals surface area contributed by atoms with Crippen LogP contribution in [0.3, 0.4) is 0 Å². The Balaban J connectivity index is 2.45.